The monoisotopic (exact) mass is 523 g/mol. The summed E-state index contributed by atoms with van der Waals surface area (Å²) in [4.78, 5) is 8.96. The normalized spacial score (nSPS) is 11.4. The first kappa shape index (κ1) is 23.4. The van der Waals surface area contributed by atoms with Gasteiger partial charge >= 0.3 is 0 Å². The maximum absolute atomic E-state index is 4.56. The Hall–Kier alpha value is -5.54. The standard InChI is InChI=1S/C38H25N3/c1-4-10-35-34(9-1)38(40-25-39-35)30-19-17-28(18-20-30)26-13-15-27(16-14-26)29-21-23-31(24-22-29)41-36-11-5-2-7-32(36)33-8-3-6-12-37(33)41/h1-25H. The Balaban J connectivity index is 1.08. The molecule has 6 aromatic carbocycles. The second-order valence-corrected chi connectivity index (χ2v) is 10.3. The van der Waals surface area contributed by atoms with Crippen molar-refractivity contribution in [2.24, 2.45) is 0 Å². The molecule has 0 aliphatic carbocycles. The molecule has 0 N–H and O–H groups in total. The summed E-state index contributed by atoms with van der Waals surface area (Å²) in [5, 5.41) is 3.62. The third-order valence-corrected chi connectivity index (χ3v) is 7.96. The third kappa shape index (κ3) is 3.98. The lowest BCUT2D eigenvalue weighted by Gasteiger charge is -2.10. The van der Waals surface area contributed by atoms with E-state index in [4.69, 9.17) is 0 Å². The van der Waals surface area contributed by atoms with Gasteiger partial charge in [0.05, 0.1) is 22.2 Å². The summed E-state index contributed by atoms with van der Waals surface area (Å²) in [5.74, 6) is 0. The van der Waals surface area contributed by atoms with Crippen LogP contribution in [-0.2, 0) is 0 Å². The molecule has 0 spiro atoms. The van der Waals surface area contributed by atoms with Crippen LogP contribution >= 0.6 is 0 Å². The van der Waals surface area contributed by atoms with Crippen molar-refractivity contribution < 1.29 is 0 Å². The smallest absolute Gasteiger partial charge is 0.116 e. The maximum atomic E-state index is 4.56. The van der Waals surface area contributed by atoms with E-state index in [1.807, 2.05) is 18.2 Å². The average Bonchev–Trinajstić information content (AvgIpc) is 3.39. The van der Waals surface area contributed by atoms with E-state index in [-0.39, 0.29) is 0 Å². The molecule has 8 aromatic rings. The Morgan fingerprint density at radius 1 is 0.366 bits per heavy atom. The van der Waals surface area contributed by atoms with E-state index in [2.05, 4.69) is 142 Å². The van der Waals surface area contributed by atoms with Crippen molar-refractivity contribution in [2.45, 2.75) is 0 Å². The number of para-hydroxylation sites is 3. The fraction of sp³-hybridized carbons (Fsp3) is 0. The van der Waals surface area contributed by atoms with Crippen LogP contribution in [-0.4, -0.2) is 14.5 Å². The predicted octanol–water partition coefficient (Wildman–Crippen LogP) is 9.73. The second kappa shape index (κ2) is 9.58. The first-order valence-electron chi connectivity index (χ1n) is 13.8. The predicted molar refractivity (Wildman–Crippen MR) is 170 cm³/mol. The van der Waals surface area contributed by atoms with Gasteiger partial charge in [0.2, 0.25) is 0 Å². The van der Waals surface area contributed by atoms with Crippen molar-refractivity contribution in [3.8, 4) is 39.2 Å². The first-order valence-corrected chi connectivity index (χ1v) is 13.8. The van der Waals surface area contributed by atoms with Gasteiger partial charge in [0.1, 0.15) is 6.33 Å². The van der Waals surface area contributed by atoms with Crippen LogP contribution in [0.5, 0.6) is 0 Å². The highest BCUT2D eigenvalue weighted by Crippen LogP contribution is 2.33. The van der Waals surface area contributed by atoms with Gasteiger partial charge in [-0.15, -0.1) is 0 Å². The highest BCUT2D eigenvalue weighted by molar-refractivity contribution is 6.09. The summed E-state index contributed by atoms with van der Waals surface area (Å²) in [6.45, 7) is 0. The van der Waals surface area contributed by atoms with Gasteiger partial charge in [0.15, 0.2) is 0 Å². The van der Waals surface area contributed by atoms with Gasteiger partial charge in [-0.1, -0.05) is 115 Å². The van der Waals surface area contributed by atoms with E-state index >= 15 is 0 Å². The van der Waals surface area contributed by atoms with Gasteiger partial charge in [-0.2, -0.15) is 0 Å². The number of benzene rings is 6. The first-order chi connectivity index (χ1) is 20.3. The van der Waals surface area contributed by atoms with Gasteiger partial charge in [0.25, 0.3) is 0 Å². The van der Waals surface area contributed by atoms with Crippen LogP contribution in [0.3, 0.4) is 0 Å². The topological polar surface area (TPSA) is 30.7 Å². The highest BCUT2D eigenvalue weighted by atomic mass is 15.0. The fourth-order valence-corrected chi connectivity index (χ4v) is 5.91. The zero-order chi connectivity index (χ0) is 27.2. The van der Waals surface area contributed by atoms with Gasteiger partial charge in [-0.25, -0.2) is 9.97 Å². The molecular formula is C38H25N3. The molecule has 3 heteroatoms. The lowest BCUT2D eigenvalue weighted by Crippen LogP contribution is -1.93. The molecule has 2 aromatic heterocycles. The number of hydrogen-bond donors (Lipinski definition) is 0. The largest absolute Gasteiger partial charge is 0.309 e. The van der Waals surface area contributed by atoms with Crippen molar-refractivity contribution in [1.82, 2.24) is 14.5 Å². The summed E-state index contributed by atoms with van der Waals surface area (Å²) >= 11 is 0. The number of rotatable bonds is 4. The average molecular weight is 524 g/mol. The van der Waals surface area contributed by atoms with Crippen LogP contribution in [0.4, 0.5) is 0 Å². The summed E-state index contributed by atoms with van der Waals surface area (Å²) in [6, 6.07) is 51.7. The minimum absolute atomic E-state index is 0.959. The van der Waals surface area contributed by atoms with Crippen LogP contribution in [0.15, 0.2) is 152 Å². The summed E-state index contributed by atoms with van der Waals surface area (Å²) in [6.07, 6.45) is 1.64. The SMILES string of the molecule is c1ccc2c(-c3ccc(-c4ccc(-c5ccc(-n6c7ccccc7c7ccccc76)cc5)cc4)cc3)ncnc2c1. The molecule has 3 nitrogen and oxygen atoms in total. The summed E-state index contributed by atoms with van der Waals surface area (Å²) in [5.41, 5.74) is 11.4. The van der Waals surface area contributed by atoms with Crippen molar-refractivity contribution in [3.63, 3.8) is 0 Å². The summed E-state index contributed by atoms with van der Waals surface area (Å²) < 4.78 is 2.35. The molecule has 0 bridgehead atoms. The zero-order valence-electron chi connectivity index (χ0n) is 22.3. The Morgan fingerprint density at radius 3 is 1.37 bits per heavy atom. The van der Waals surface area contributed by atoms with E-state index < -0.39 is 0 Å². The van der Waals surface area contributed by atoms with Gasteiger partial charge < -0.3 is 4.57 Å². The van der Waals surface area contributed by atoms with E-state index in [1.165, 1.54) is 49.7 Å². The lowest BCUT2D eigenvalue weighted by atomic mass is 9.98. The molecule has 0 aliphatic heterocycles. The lowest BCUT2D eigenvalue weighted by molar-refractivity contribution is 1.18. The van der Waals surface area contributed by atoms with Crippen molar-refractivity contribution in [3.05, 3.63) is 152 Å². The fourth-order valence-electron chi connectivity index (χ4n) is 5.91. The van der Waals surface area contributed by atoms with Crippen LogP contribution in [0.25, 0.3) is 71.9 Å². The van der Waals surface area contributed by atoms with Crippen molar-refractivity contribution in [2.75, 3.05) is 0 Å². The Kier molecular flexibility index (Phi) is 5.46. The van der Waals surface area contributed by atoms with Crippen molar-refractivity contribution >= 4 is 32.7 Å². The maximum Gasteiger partial charge on any atom is 0.116 e. The molecule has 41 heavy (non-hydrogen) atoms. The Bertz CT molecular complexity index is 2110. The van der Waals surface area contributed by atoms with Crippen LogP contribution < -0.4 is 0 Å². The molecule has 0 amide bonds. The number of nitrogens with zero attached hydrogens (tertiary/aromatic N) is 3. The molecule has 192 valence electrons. The molecule has 0 fully saturated rings. The third-order valence-electron chi connectivity index (χ3n) is 7.96. The van der Waals surface area contributed by atoms with E-state index in [0.717, 1.165) is 22.2 Å². The van der Waals surface area contributed by atoms with E-state index in [0.29, 0.717) is 0 Å². The van der Waals surface area contributed by atoms with Crippen LogP contribution in [0.1, 0.15) is 0 Å². The molecular weight excluding hydrogens is 498 g/mol. The zero-order valence-corrected chi connectivity index (χ0v) is 22.3. The minimum Gasteiger partial charge on any atom is -0.309 e. The number of fused-ring (bicyclic) bond motifs is 4. The molecule has 2 heterocycles. The van der Waals surface area contributed by atoms with E-state index in [1.54, 1.807) is 6.33 Å². The van der Waals surface area contributed by atoms with Crippen LogP contribution in [0, 0.1) is 0 Å². The molecule has 0 radical (unpaired) electrons. The molecule has 0 saturated heterocycles. The Labute approximate surface area is 238 Å². The molecule has 0 aliphatic rings. The summed E-state index contributed by atoms with van der Waals surface area (Å²) in [7, 11) is 0. The minimum atomic E-state index is 0.959. The van der Waals surface area contributed by atoms with Crippen molar-refractivity contribution in [1.29, 1.82) is 0 Å². The quantitative estimate of drug-likeness (QED) is 0.230. The van der Waals surface area contributed by atoms with Gasteiger partial charge in [-0.05, 0) is 52.6 Å². The second-order valence-electron chi connectivity index (χ2n) is 10.3. The highest BCUT2D eigenvalue weighted by Gasteiger charge is 2.12. The number of aromatic nitrogens is 3. The van der Waals surface area contributed by atoms with Crippen LogP contribution in [0.2, 0.25) is 0 Å². The molecule has 0 saturated carbocycles. The van der Waals surface area contributed by atoms with E-state index in [9.17, 15) is 0 Å². The van der Waals surface area contributed by atoms with Gasteiger partial charge in [0, 0.05) is 27.4 Å². The number of hydrogen-bond acceptors (Lipinski definition) is 2. The molecule has 0 atom stereocenters. The van der Waals surface area contributed by atoms with Gasteiger partial charge in [-0.3, -0.25) is 0 Å². The Morgan fingerprint density at radius 2 is 0.805 bits per heavy atom. The molecule has 8 rings (SSSR count). The molecule has 0 unspecified atom stereocenters.